The average Bonchev–Trinajstić information content (AvgIpc) is 2.92. The Kier molecular flexibility index (Phi) is 13.8. The Morgan fingerprint density at radius 1 is 0.842 bits per heavy atom. The van der Waals surface area contributed by atoms with Crippen LogP contribution >= 0.6 is 12.4 Å². The highest BCUT2D eigenvalue weighted by atomic mass is 35.5. The van der Waals surface area contributed by atoms with Gasteiger partial charge in [-0.25, -0.2) is 0 Å². The number of nitrogens with zero attached hydrogens (tertiary/aromatic N) is 3. The van der Waals surface area contributed by atoms with Crippen molar-refractivity contribution in [1.82, 2.24) is 0 Å². The molecule has 9 heteroatoms. The van der Waals surface area contributed by atoms with Crippen LogP contribution in [-0.4, -0.2) is 48.6 Å². The lowest BCUT2D eigenvalue weighted by molar-refractivity contribution is 0.315. The predicted octanol–water partition coefficient (Wildman–Crippen LogP) is 6.82. The van der Waals surface area contributed by atoms with Gasteiger partial charge in [-0.05, 0) is 73.4 Å². The van der Waals surface area contributed by atoms with E-state index < -0.39 is 5.41 Å². The summed E-state index contributed by atoms with van der Waals surface area (Å²) < 4.78 is 27.4. The lowest BCUT2D eigenvalue weighted by Crippen LogP contribution is -2.31. The van der Waals surface area contributed by atoms with Crippen LogP contribution in [0.1, 0.15) is 50.7 Å². The molecule has 0 aliphatic heterocycles. The summed E-state index contributed by atoms with van der Waals surface area (Å²) in [5.74, 6) is 3.11. The first-order valence-corrected chi connectivity index (χ1v) is 12.6. The van der Waals surface area contributed by atoms with Crippen LogP contribution in [0.3, 0.4) is 0 Å². The van der Waals surface area contributed by atoms with Gasteiger partial charge in [0.1, 0.15) is 0 Å². The molecule has 0 bridgehead atoms. The second-order valence-corrected chi connectivity index (χ2v) is 9.24. The first-order chi connectivity index (χ1) is 17.8. The number of methoxy groups -OCH3 is 5. The summed E-state index contributed by atoms with van der Waals surface area (Å²) in [7, 11) is 9.72. The quantitative estimate of drug-likeness (QED) is 0.227. The zero-order valence-corrected chi connectivity index (χ0v) is 24.7. The highest BCUT2D eigenvalue weighted by Gasteiger charge is 2.37. The summed E-state index contributed by atoms with van der Waals surface area (Å²) in [5.41, 5.74) is 1.29. The van der Waals surface area contributed by atoms with E-state index in [0.717, 1.165) is 42.6 Å². The van der Waals surface area contributed by atoms with Crippen LogP contribution in [0.2, 0.25) is 0 Å². The third-order valence-electron chi connectivity index (χ3n) is 6.97. The number of azo groups is 1. The molecule has 0 radical (unpaired) electrons. The third-order valence-corrected chi connectivity index (χ3v) is 6.97. The molecule has 0 aromatic heterocycles. The molecule has 2 aromatic carbocycles. The number of halogens is 1. The van der Waals surface area contributed by atoms with E-state index in [0.29, 0.717) is 29.4 Å². The molecule has 0 aliphatic rings. The maximum atomic E-state index is 10.4. The van der Waals surface area contributed by atoms with Gasteiger partial charge in [-0.3, -0.25) is 0 Å². The molecule has 210 valence electrons. The van der Waals surface area contributed by atoms with E-state index in [-0.39, 0.29) is 24.4 Å². The van der Waals surface area contributed by atoms with Crippen LogP contribution in [0.25, 0.3) is 0 Å². The Balaban J connectivity index is 0.00000722. The Hall–Kier alpha value is -3.18. The van der Waals surface area contributed by atoms with Gasteiger partial charge in [0.15, 0.2) is 23.0 Å². The maximum Gasteiger partial charge on any atom is 0.203 e. The number of hydrogen-bond donors (Lipinski definition) is 0. The molecule has 0 saturated carbocycles. The SMILES string of the molecule is C/N=N/C(CCCC(C#N)(c1cc(OC)c(OC)c(OC)c1)C(C)C)CCc1ccc(OC)c(OC)c1.Cl. The lowest BCUT2D eigenvalue weighted by Gasteiger charge is -2.32. The fourth-order valence-corrected chi connectivity index (χ4v) is 4.76. The molecule has 0 aliphatic carbocycles. The molecule has 2 rings (SSSR count). The largest absolute Gasteiger partial charge is 0.493 e. The van der Waals surface area contributed by atoms with Gasteiger partial charge in [0.05, 0.1) is 53.1 Å². The molecule has 0 heterocycles. The van der Waals surface area contributed by atoms with Crippen LogP contribution < -0.4 is 23.7 Å². The average molecular weight is 548 g/mol. The van der Waals surface area contributed by atoms with Gasteiger partial charge in [0.2, 0.25) is 5.75 Å². The monoisotopic (exact) mass is 547 g/mol. The minimum atomic E-state index is -0.718. The van der Waals surface area contributed by atoms with E-state index in [1.54, 1.807) is 42.6 Å². The normalized spacial score (nSPS) is 13.3. The minimum Gasteiger partial charge on any atom is -0.493 e. The Morgan fingerprint density at radius 3 is 1.92 bits per heavy atom. The molecule has 38 heavy (non-hydrogen) atoms. The number of hydrogen-bond acceptors (Lipinski definition) is 8. The Bertz CT molecular complexity index is 1060. The zero-order chi connectivity index (χ0) is 27.4. The Morgan fingerprint density at radius 2 is 1.45 bits per heavy atom. The molecule has 0 saturated heterocycles. The van der Waals surface area contributed by atoms with Crippen molar-refractivity contribution >= 4 is 12.4 Å². The van der Waals surface area contributed by atoms with Crippen LogP contribution in [0.15, 0.2) is 40.6 Å². The molecule has 0 spiro atoms. The third kappa shape index (κ3) is 7.67. The van der Waals surface area contributed by atoms with E-state index in [1.165, 1.54) is 0 Å². The second-order valence-electron chi connectivity index (χ2n) is 9.24. The lowest BCUT2D eigenvalue weighted by atomic mass is 9.69. The van der Waals surface area contributed by atoms with Crippen molar-refractivity contribution in [3.05, 3.63) is 41.5 Å². The standard InChI is InChI=1S/C29H41N3O5.ClH/c1-20(2)29(19-30,22-17-26(35-6)28(37-8)27(18-22)36-7)15-9-10-23(32-31-3)13-11-21-12-14-24(33-4)25(16-21)34-5;/h12,14,16-18,20,23H,9-11,13,15H2,1-8H3;1H/b32-31+;. The van der Waals surface area contributed by atoms with Crippen LogP contribution in [0, 0.1) is 17.2 Å². The van der Waals surface area contributed by atoms with Gasteiger partial charge in [-0.2, -0.15) is 15.5 Å². The first kappa shape index (κ1) is 32.8. The van der Waals surface area contributed by atoms with Crippen molar-refractivity contribution in [2.24, 2.45) is 16.1 Å². The van der Waals surface area contributed by atoms with Gasteiger partial charge in [-0.1, -0.05) is 19.9 Å². The summed E-state index contributed by atoms with van der Waals surface area (Å²) in [4.78, 5) is 0. The summed E-state index contributed by atoms with van der Waals surface area (Å²) >= 11 is 0. The fourth-order valence-electron chi connectivity index (χ4n) is 4.76. The summed E-state index contributed by atoms with van der Waals surface area (Å²) in [5, 5.41) is 19.0. The van der Waals surface area contributed by atoms with E-state index in [1.807, 2.05) is 30.3 Å². The van der Waals surface area contributed by atoms with Gasteiger partial charge >= 0.3 is 0 Å². The number of rotatable bonds is 15. The second kappa shape index (κ2) is 15.9. The molecule has 0 amide bonds. The molecule has 2 unspecified atom stereocenters. The highest BCUT2D eigenvalue weighted by Crippen LogP contribution is 2.45. The zero-order valence-electron chi connectivity index (χ0n) is 23.9. The van der Waals surface area contributed by atoms with E-state index in [9.17, 15) is 5.26 Å². The van der Waals surface area contributed by atoms with Gasteiger partial charge < -0.3 is 23.7 Å². The van der Waals surface area contributed by atoms with E-state index >= 15 is 0 Å². The van der Waals surface area contributed by atoms with Gasteiger partial charge in [0.25, 0.3) is 0 Å². The van der Waals surface area contributed by atoms with Crippen LogP contribution in [-0.2, 0) is 11.8 Å². The number of ether oxygens (including phenoxy) is 5. The van der Waals surface area contributed by atoms with Crippen molar-refractivity contribution < 1.29 is 23.7 Å². The summed E-state index contributed by atoms with van der Waals surface area (Å²) in [6.07, 6.45) is 4.00. The van der Waals surface area contributed by atoms with Crippen LogP contribution in [0.5, 0.6) is 28.7 Å². The molecule has 0 fully saturated rings. The number of benzene rings is 2. The van der Waals surface area contributed by atoms with Gasteiger partial charge in [-0.15, -0.1) is 12.4 Å². The Labute approximate surface area is 233 Å². The van der Waals surface area contributed by atoms with Crippen molar-refractivity contribution in [2.45, 2.75) is 57.4 Å². The number of aryl methyl sites for hydroxylation is 1. The maximum absolute atomic E-state index is 10.4. The fraction of sp³-hybridized carbons (Fsp3) is 0.552. The topological polar surface area (TPSA) is 94.7 Å². The molecule has 2 atom stereocenters. The van der Waals surface area contributed by atoms with E-state index in [4.69, 9.17) is 23.7 Å². The van der Waals surface area contributed by atoms with Gasteiger partial charge in [0, 0.05) is 7.05 Å². The molecular weight excluding hydrogens is 506 g/mol. The molecular formula is C29H42ClN3O5. The highest BCUT2D eigenvalue weighted by molar-refractivity contribution is 5.85. The predicted molar refractivity (Wildman–Crippen MR) is 152 cm³/mol. The van der Waals surface area contributed by atoms with Crippen molar-refractivity contribution in [3.63, 3.8) is 0 Å². The molecule has 2 aromatic rings. The molecule has 0 N–H and O–H groups in total. The van der Waals surface area contributed by atoms with Crippen molar-refractivity contribution in [3.8, 4) is 34.8 Å². The van der Waals surface area contributed by atoms with Crippen molar-refractivity contribution in [1.29, 1.82) is 5.26 Å². The minimum absolute atomic E-state index is 0. The summed E-state index contributed by atoms with van der Waals surface area (Å²) in [6.45, 7) is 4.15. The first-order valence-electron chi connectivity index (χ1n) is 12.6. The summed E-state index contributed by atoms with van der Waals surface area (Å²) in [6, 6.07) is 12.4. The smallest absolute Gasteiger partial charge is 0.203 e. The molecule has 8 nitrogen and oxygen atoms in total. The van der Waals surface area contributed by atoms with Crippen LogP contribution in [0.4, 0.5) is 0 Å². The van der Waals surface area contributed by atoms with Crippen molar-refractivity contribution in [2.75, 3.05) is 42.6 Å². The number of nitriles is 1. The van der Waals surface area contributed by atoms with E-state index in [2.05, 4.69) is 30.1 Å².